The first-order valence-electron chi connectivity index (χ1n) is 7.03. The molecule has 0 aromatic carbocycles. The van der Waals surface area contributed by atoms with Crippen LogP contribution in [0.3, 0.4) is 0 Å². The van der Waals surface area contributed by atoms with Crippen molar-refractivity contribution in [2.45, 2.75) is 26.0 Å². The van der Waals surface area contributed by atoms with Crippen LogP contribution in [-0.4, -0.2) is 51.2 Å². The normalized spacial score (nSPS) is 21.2. The fourth-order valence-corrected chi connectivity index (χ4v) is 2.94. The molecule has 1 aliphatic rings. The summed E-state index contributed by atoms with van der Waals surface area (Å²) >= 11 is 1.23. The summed E-state index contributed by atoms with van der Waals surface area (Å²) in [6.07, 6.45) is 1.56. The van der Waals surface area contributed by atoms with Gasteiger partial charge in [0, 0.05) is 6.61 Å². The molecule has 118 valence electrons. The van der Waals surface area contributed by atoms with Gasteiger partial charge in [-0.3, -0.25) is 4.79 Å². The smallest absolute Gasteiger partial charge is 0.278 e. The molecule has 2 aromatic rings. The van der Waals surface area contributed by atoms with Crippen LogP contribution in [0, 0.1) is 6.92 Å². The Bertz CT molecular complexity index is 656. The second kappa shape index (κ2) is 6.51. The SMILES string of the molecule is CCO[C@@H]1COC[C@H]1n1cc(C(=O)Nc2cc(C)ns2)nn1. The first-order chi connectivity index (χ1) is 10.7. The van der Waals surface area contributed by atoms with Crippen molar-refractivity contribution in [2.24, 2.45) is 0 Å². The molecule has 0 spiro atoms. The Kier molecular flexibility index (Phi) is 4.46. The zero-order valence-corrected chi connectivity index (χ0v) is 13.2. The Morgan fingerprint density at radius 1 is 1.59 bits per heavy atom. The predicted molar refractivity (Wildman–Crippen MR) is 80.1 cm³/mol. The van der Waals surface area contributed by atoms with Gasteiger partial charge >= 0.3 is 0 Å². The van der Waals surface area contributed by atoms with E-state index in [4.69, 9.17) is 9.47 Å². The average Bonchev–Trinajstić information content (AvgIpc) is 3.19. The van der Waals surface area contributed by atoms with E-state index < -0.39 is 0 Å². The topological polar surface area (TPSA) is 91.2 Å². The highest BCUT2D eigenvalue weighted by atomic mass is 32.1. The maximum Gasteiger partial charge on any atom is 0.278 e. The van der Waals surface area contributed by atoms with Gasteiger partial charge in [0.25, 0.3) is 5.91 Å². The summed E-state index contributed by atoms with van der Waals surface area (Å²) in [6.45, 7) is 5.45. The zero-order valence-electron chi connectivity index (χ0n) is 12.4. The van der Waals surface area contributed by atoms with Gasteiger partial charge in [0.05, 0.1) is 25.1 Å². The molecule has 8 nitrogen and oxygen atoms in total. The van der Waals surface area contributed by atoms with E-state index in [1.807, 2.05) is 19.9 Å². The molecule has 22 heavy (non-hydrogen) atoms. The maximum absolute atomic E-state index is 12.1. The van der Waals surface area contributed by atoms with Crippen molar-refractivity contribution < 1.29 is 14.3 Å². The van der Waals surface area contributed by atoms with E-state index in [1.165, 1.54) is 11.5 Å². The minimum absolute atomic E-state index is 0.0559. The number of hydrogen-bond acceptors (Lipinski definition) is 7. The molecule has 1 amide bonds. The van der Waals surface area contributed by atoms with Crippen molar-refractivity contribution in [1.29, 1.82) is 0 Å². The van der Waals surface area contributed by atoms with E-state index in [2.05, 4.69) is 20.0 Å². The van der Waals surface area contributed by atoms with Crippen LogP contribution >= 0.6 is 11.5 Å². The van der Waals surface area contributed by atoms with Crippen molar-refractivity contribution >= 4 is 22.4 Å². The van der Waals surface area contributed by atoms with E-state index in [1.54, 1.807) is 10.9 Å². The molecule has 3 rings (SSSR count). The second-order valence-corrected chi connectivity index (χ2v) is 5.77. The molecular formula is C13H17N5O3S. The number of nitrogens with one attached hydrogen (secondary N) is 1. The largest absolute Gasteiger partial charge is 0.376 e. The third-order valence-corrected chi connectivity index (χ3v) is 4.12. The van der Waals surface area contributed by atoms with Gasteiger partial charge in [-0.05, 0) is 31.4 Å². The Balaban J connectivity index is 1.69. The van der Waals surface area contributed by atoms with Crippen molar-refractivity contribution in [2.75, 3.05) is 25.1 Å². The van der Waals surface area contributed by atoms with Gasteiger partial charge in [0.15, 0.2) is 5.69 Å². The standard InChI is InChI=1S/C13H17N5O3S/c1-3-21-11-7-20-6-10(11)18-5-9(15-17-18)13(19)14-12-4-8(2)16-22-12/h4-5,10-11H,3,6-7H2,1-2H3,(H,14,19)/t10-,11-/m1/s1. The lowest BCUT2D eigenvalue weighted by Gasteiger charge is -2.16. The van der Waals surface area contributed by atoms with Gasteiger partial charge < -0.3 is 14.8 Å². The molecule has 1 saturated heterocycles. The fourth-order valence-electron chi connectivity index (χ4n) is 2.28. The molecule has 0 bridgehead atoms. The van der Waals surface area contributed by atoms with Crippen LogP contribution in [-0.2, 0) is 9.47 Å². The Morgan fingerprint density at radius 2 is 2.45 bits per heavy atom. The van der Waals surface area contributed by atoms with Crippen LogP contribution in [0.1, 0.15) is 29.1 Å². The maximum atomic E-state index is 12.1. The first kappa shape index (κ1) is 15.1. The third kappa shape index (κ3) is 3.16. The van der Waals surface area contributed by atoms with Gasteiger partial charge in [0.2, 0.25) is 0 Å². The van der Waals surface area contributed by atoms with E-state index in [0.29, 0.717) is 24.8 Å². The number of aryl methyl sites for hydroxylation is 1. The zero-order chi connectivity index (χ0) is 15.5. The molecule has 1 aliphatic heterocycles. The molecule has 3 heterocycles. The predicted octanol–water partition coefficient (Wildman–Crippen LogP) is 1.27. The highest BCUT2D eigenvalue weighted by Crippen LogP contribution is 2.22. The number of aromatic nitrogens is 4. The molecular weight excluding hydrogens is 306 g/mol. The Morgan fingerprint density at radius 3 is 3.18 bits per heavy atom. The molecule has 2 atom stereocenters. The Hall–Kier alpha value is -1.84. The average molecular weight is 323 g/mol. The minimum Gasteiger partial charge on any atom is -0.376 e. The van der Waals surface area contributed by atoms with Crippen LogP contribution in [0.5, 0.6) is 0 Å². The summed E-state index contributed by atoms with van der Waals surface area (Å²) in [4.78, 5) is 12.1. The second-order valence-electron chi connectivity index (χ2n) is 4.97. The number of anilines is 1. The third-order valence-electron chi connectivity index (χ3n) is 3.33. The van der Waals surface area contributed by atoms with Gasteiger partial charge in [-0.25, -0.2) is 4.68 Å². The van der Waals surface area contributed by atoms with E-state index >= 15 is 0 Å². The van der Waals surface area contributed by atoms with Crippen molar-refractivity contribution in [1.82, 2.24) is 19.4 Å². The Labute approximate surface area is 131 Å². The van der Waals surface area contributed by atoms with Gasteiger partial charge in [-0.15, -0.1) is 5.10 Å². The number of ether oxygens (including phenoxy) is 2. The summed E-state index contributed by atoms with van der Waals surface area (Å²) < 4.78 is 16.8. The quantitative estimate of drug-likeness (QED) is 0.891. The molecule has 0 saturated carbocycles. The summed E-state index contributed by atoms with van der Waals surface area (Å²) in [5.41, 5.74) is 1.12. The van der Waals surface area contributed by atoms with Gasteiger partial charge in [-0.2, -0.15) is 4.37 Å². The monoisotopic (exact) mass is 323 g/mol. The molecule has 0 radical (unpaired) electrons. The summed E-state index contributed by atoms with van der Waals surface area (Å²) in [5, 5.41) is 11.4. The van der Waals surface area contributed by atoms with Crippen LogP contribution < -0.4 is 5.32 Å². The molecule has 1 N–H and O–H groups in total. The summed E-state index contributed by atoms with van der Waals surface area (Å²) in [5.74, 6) is -0.304. The number of carbonyl (C=O) groups excluding carboxylic acids is 1. The summed E-state index contributed by atoms with van der Waals surface area (Å²) in [6, 6.07) is 1.75. The van der Waals surface area contributed by atoms with Gasteiger partial charge in [-0.1, -0.05) is 5.21 Å². The highest BCUT2D eigenvalue weighted by Gasteiger charge is 2.31. The van der Waals surface area contributed by atoms with E-state index in [-0.39, 0.29) is 23.7 Å². The van der Waals surface area contributed by atoms with Crippen LogP contribution in [0.25, 0.3) is 0 Å². The summed E-state index contributed by atoms with van der Waals surface area (Å²) in [7, 11) is 0. The van der Waals surface area contributed by atoms with Crippen molar-refractivity contribution in [3.8, 4) is 0 Å². The number of rotatable bonds is 5. The van der Waals surface area contributed by atoms with E-state index in [0.717, 1.165) is 5.69 Å². The molecule has 0 aliphatic carbocycles. The lowest BCUT2D eigenvalue weighted by atomic mass is 10.2. The van der Waals surface area contributed by atoms with Crippen LogP contribution in [0.2, 0.25) is 0 Å². The molecule has 1 fully saturated rings. The lowest BCUT2D eigenvalue weighted by molar-refractivity contribution is 0.0340. The molecule has 2 aromatic heterocycles. The number of nitrogens with zero attached hydrogens (tertiary/aromatic N) is 4. The van der Waals surface area contributed by atoms with Crippen molar-refractivity contribution in [3.63, 3.8) is 0 Å². The highest BCUT2D eigenvalue weighted by molar-refractivity contribution is 7.10. The molecule has 0 unspecified atom stereocenters. The van der Waals surface area contributed by atoms with Crippen LogP contribution in [0.4, 0.5) is 5.00 Å². The fraction of sp³-hybridized carbons (Fsp3) is 0.538. The number of carbonyl (C=O) groups is 1. The number of amides is 1. The van der Waals surface area contributed by atoms with Crippen molar-refractivity contribution in [3.05, 3.63) is 23.7 Å². The first-order valence-corrected chi connectivity index (χ1v) is 7.80. The van der Waals surface area contributed by atoms with Gasteiger partial charge in [0.1, 0.15) is 17.1 Å². The molecule has 9 heteroatoms. The minimum atomic E-state index is -0.304. The lowest BCUT2D eigenvalue weighted by Crippen LogP contribution is -2.26. The van der Waals surface area contributed by atoms with Crippen LogP contribution in [0.15, 0.2) is 12.3 Å². The van der Waals surface area contributed by atoms with E-state index in [9.17, 15) is 4.79 Å². The number of hydrogen-bond donors (Lipinski definition) is 1.